The van der Waals surface area contributed by atoms with E-state index in [4.69, 9.17) is 27.9 Å². The molecule has 29 heavy (non-hydrogen) atoms. The van der Waals surface area contributed by atoms with E-state index < -0.39 is 17.9 Å². The molecule has 0 aliphatic heterocycles. The van der Waals surface area contributed by atoms with E-state index in [0.717, 1.165) is 0 Å². The van der Waals surface area contributed by atoms with Gasteiger partial charge in [0, 0.05) is 27.2 Å². The van der Waals surface area contributed by atoms with Crippen LogP contribution in [-0.2, 0) is 4.79 Å². The summed E-state index contributed by atoms with van der Waals surface area (Å²) in [7, 11) is 1.39. The van der Waals surface area contributed by atoms with Gasteiger partial charge in [-0.25, -0.2) is 5.43 Å². The first kappa shape index (κ1) is 22.5. The Labute approximate surface area is 178 Å². The van der Waals surface area contributed by atoms with Crippen LogP contribution in [0.2, 0.25) is 10.0 Å². The van der Waals surface area contributed by atoms with Crippen LogP contribution in [-0.4, -0.2) is 36.3 Å². The molecule has 2 rings (SSSR count). The molecule has 2 aromatic carbocycles. The topological polar surface area (TPSA) is 100 Å². The maximum absolute atomic E-state index is 12.5. The maximum Gasteiger partial charge on any atom is 0.262 e. The van der Waals surface area contributed by atoms with E-state index in [1.54, 1.807) is 38.1 Å². The van der Waals surface area contributed by atoms with Gasteiger partial charge < -0.3 is 15.2 Å². The van der Waals surface area contributed by atoms with Crippen LogP contribution in [0.15, 0.2) is 41.5 Å². The van der Waals surface area contributed by atoms with Gasteiger partial charge in [-0.3, -0.25) is 9.59 Å². The van der Waals surface area contributed by atoms with Crippen molar-refractivity contribution in [3.05, 3.63) is 57.6 Å². The van der Waals surface area contributed by atoms with Gasteiger partial charge in [0.15, 0.2) is 11.5 Å². The van der Waals surface area contributed by atoms with E-state index in [0.29, 0.717) is 15.6 Å². The Morgan fingerprint density at radius 1 is 1.14 bits per heavy atom. The highest BCUT2D eigenvalue weighted by Gasteiger charge is 2.24. The number of aromatic hydroxyl groups is 1. The third-order valence-electron chi connectivity index (χ3n) is 4.01. The number of hydrogen-bond acceptors (Lipinski definition) is 5. The summed E-state index contributed by atoms with van der Waals surface area (Å²) in [5, 5.41) is 17.5. The summed E-state index contributed by atoms with van der Waals surface area (Å²) in [6.07, 6.45) is 1.24. The van der Waals surface area contributed by atoms with Crippen LogP contribution in [0.5, 0.6) is 11.5 Å². The number of carbonyl (C=O) groups is 2. The zero-order valence-electron chi connectivity index (χ0n) is 16.1. The minimum absolute atomic E-state index is 0.161. The van der Waals surface area contributed by atoms with Crippen LogP contribution in [0, 0.1) is 5.92 Å². The number of benzene rings is 2. The fraction of sp³-hybridized carbons (Fsp3) is 0.250. The molecule has 0 heterocycles. The van der Waals surface area contributed by atoms with Gasteiger partial charge in [-0.1, -0.05) is 37.0 Å². The van der Waals surface area contributed by atoms with Gasteiger partial charge >= 0.3 is 0 Å². The number of hydrogen-bond donors (Lipinski definition) is 3. The van der Waals surface area contributed by atoms with Crippen molar-refractivity contribution in [1.82, 2.24) is 10.7 Å². The molecule has 0 spiro atoms. The summed E-state index contributed by atoms with van der Waals surface area (Å²) in [5.74, 6) is -1.09. The Morgan fingerprint density at radius 2 is 1.79 bits per heavy atom. The number of rotatable bonds is 7. The van der Waals surface area contributed by atoms with Crippen LogP contribution in [0.4, 0.5) is 0 Å². The Hall–Kier alpha value is -2.77. The lowest BCUT2D eigenvalue weighted by Crippen LogP contribution is -2.48. The van der Waals surface area contributed by atoms with Gasteiger partial charge in [0.25, 0.3) is 11.8 Å². The first-order valence-corrected chi connectivity index (χ1v) is 9.44. The second-order valence-corrected chi connectivity index (χ2v) is 7.36. The SMILES string of the molecule is COc1cc(Cl)cc(/C=N/NC(=O)C(NC(=O)c2ccc(Cl)cc2)C(C)C)c1O. The third-order valence-corrected chi connectivity index (χ3v) is 4.48. The van der Waals surface area contributed by atoms with Crippen molar-refractivity contribution in [2.75, 3.05) is 7.11 Å². The minimum Gasteiger partial charge on any atom is -0.504 e. The molecule has 2 amide bonds. The van der Waals surface area contributed by atoms with Gasteiger partial charge in [-0.15, -0.1) is 0 Å². The standard InChI is InChI=1S/C20H21Cl2N3O4/c1-11(2)17(24-19(27)12-4-6-14(21)7-5-12)20(28)25-23-10-13-8-15(22)9-16(29-3)18(13)26/h4-11,17,26H,1-3H3,(H,24,27)(H,25,28)/b23-10+. The summed E-state index contributed by atoms with van der Waals surface area (Å²) in [5.41, 5.74) is 3.01. The number of ether oxygens (including phenoxy) is 1. The molecule has 0 saturated carbocycles. The first-order valence-electron chi connectivity index (χ1n) is 8.68. The van der Waals surface area contributed by atoms with Crippen molar-refractivity contribution in [1.29, 1.82) is 0 Å². The monoisotopic (exact) mass is 437 g/mol. The molecule has 3 N–H and O–H groups in total. The summed E-state index contributed by atoms with van der Waals surface area (Å²) < 4.78 is 5.02. The second-order valence-electron chi connectivity index (χ2n) is 6.48. The molecule has 0 aromatic heterocycles. The van der Waals surface area contributed by atoms with Gasteiger partial charge in [0.2, 0.25) is 0 Å². The number of methoxy groups -OCH3 is 1. The highest BCUT2D eigenvalue weighted by molar-refractivity contribution is 6.31. The quantitative estimate of drug-likeness (QED) is 0.454. The molecule has 7 nitrogen and oxygen atoms in total. The predicted octanol–water partition coefficient (Wildman–Crippen LogP) is 3.61. The molecule has 0 radical (unpaired) electrons. The zero-order valence-corrected chi connectivity index (χ0v) is 17.6. The Bertz CT molecular complexity index is 915. The van der Waals surface area contributed by atoms with E-state index in [2.05, 4.69) is 15.8 Å². The summed E-state index contributed by atoms with van der Waals surface area (Å²) >= 11 is 11.8. The summed E-state index contributed by atoms with van der Waals surface area (Å²) in [4.78, 5) is 24.9. The van der Waals surface area contributed by atoms with Gasteiger partial charge in [0.05, 0.1) is 13.3 Å². The number of nitrogens with zero attached hydrogens (tertiary/aromatic N) is 1. The predicted molar refractivity (Wildman–Crippen MR) is 113 cm³/mol. The van der Waals surface area contributed by atoms with Gasteiger partial charge in [0.1, 0.15) is 6.04 Å². The Balaban J connectivity index is 2.08. The fourth-order valence-corrected chi connectivity index (χ4v) is 2.79. The van der Waals surface area contributed by atoms with Crippen LogP contribution in [0.3, 0.4) is 0 Å². The molecule has 9 heteroatoms. The molecule has 0 aliphatic carbocycles. The molecule has 0 saturated heterocycles. The smallest absolute Gasteiger partial charge is 0.262 e. The lowest BCUT2D eigenvalue weighted by Gasteiger charge is -2.20. The number of phenolic OH excluding ortho intramolecular Hbond substituents is 1. The molecular formula is C20H21Cl2N3O4. The highest BCUT2D eigenvalue weighted by atomic mass is 35.5. The lowest BCUT2D eigenvalue weighted by atomic mass is 10.0. The molecule has 1 atom stereocenters. The molecule has 2 aromatic rings. The van der Waals surface area contributed by atoms with Crippen LogP contribution in [0.25, 0.3) is 0 Å². The fourth-order valence-electron chi connectivity index (χ4n) is 2.44. The van der Waals surface area contributed by atoms with Crippen molar-refractivity contribution in [2.45, 2.75) is 19.9 Å². The molecule has 0 aliphatic rings. The minimum atomic E-state index is -0.821. The second kappa shape index (κ2) is 10.1. The third kappa shape index (κ3) is 6.10. The van der Waals surface area contributed by atoms with Gasteiger partial charge in [-0.05, 0) is 36.2 Å². The van der Waals surface area contributed by atoms with Crippen molar-refractivity contribution in [3.8, 4) is 11.5 Å². The number of nitrogens with one attached hydrogen (secondary N) is 2. The number of hydrazone groups is 1. The first-order chi connectivity index (χ1) is 13.7. The number of carbonyl (C=O) groups excluding carboxylic acids is 2. The van der Waals surface area contributed by atoms with E-state index in [1.807, 2.05) is 0 Å². The maximum atomic E-state index is 12.5. The lowest BCUT2D eigenvalue weighted by molar-refractivity contribution is -0.123. The number of amides is 2. The molecule has 0 bridgehead atoms. The van der Waals surface area contributed by atoms with Crippen molar-refractivity contribution in [2.24, 2.45) is 11.0 Å². The van der Waals surface area contributed by atoms with Crippen molar-refractivity contribution < 1.29 is 19.4 Å². The Kier molecular flexibility index (Phi) is 7.87. The zero-order chi connectivity index (χ0) is 21.6. The number of phenols is 1. The van der Waals surface area contributed by atoms with E-state index >= 15 is 0 Å². The van der Waals surface area contributed by atoms with Crippen LogP contribution < -0.4 is 15.5 Å². The Morgan fingerprint density at radius 3 is 2.38 bits per heavy atom. The molecule has 1 unspecified atom stereocenters. The summed E-state index contributed by atoms with van der Waals surface area (Å²) in [6.45, 7) is 3.59. The average Bonchev–Trinajstić information content (AvgIpc) is 2.68. The molecule has 0 fully saturated rings. The largest absolute Gasteiger partial charge is 0.504 e. The van der Waals surface area contributed by atoms with Crippen molar-refractivity contribution in [3.63, 3.8) is 0 Å². The number of halogens is 2. The van der Waals surface area contributed by atoms with E-state index in [-0.39, 0.29) is 23.0 Å². The van der Waals surface area contributed by atoms with Crippen LogP contribution in [0.1, 0.15) is 29.8 Å². The van der Waals surface area contributed by atoms with Crippen molar-refractivity contribution >= 4 is 41.2 Å². The van der Waals surface area contributed by atoms with E-state index in [1.165, 1.54) is 25.5 Å². The average molecular weight is 438 g/mol. The van der Waals surface area contributed by atoms with Crippen LogP contribution >= 0.6 is 23.2 Å². The molecule has 154 valence electrons. The highest BCUT2D eigenvalue weighted by Crippen LogP contribution is 2.32. The summed E-state index contributed by atoms with van der Waals surface area (Å²) in [6, 6.07) is 8.43. The van der Waals surface area contributed by atoms with E-state index in [9.17, 15) is 14.7 Å². The molecular weight excluding hydrogens is 417 g/mol. The van der Waals surface area contributed by atoms with Gasteiger partial charge in [-0.2, -0.15) is 5.10 Å². The normalized spacial score (nSPS) is 12.1.